The van der Waals surface area contributed by atoms with Gasteiger partial charge in [0.1, 0.15) is 23.9 Å². The van der Waals surface area contributed by atoms with E-state index in [2.05, 4.69) is 0 Å². The molecule has 3 aromatic rings. The smallest absolute Gasteiger partial charge is 0.123 e. The normalized spacial score (nSPS) is 13.9. The highest BCUT2D eigenvalue weighted by Gasteiger charge is 2.16. The molecule has 0 spiro atoms. The number of ether oxygens (including phenoxy) is 1. The first-order valence-corrected chi connectivity index (χ1v) is 9.14. The molecule has 0 saturated heterocycles. The van der Waals surface area contributed by atoms with Gasteiger partial charge in [0.05, 0.1) is 5.52 Å². The van der Waals surface area contributed by atoms with Gasteiger partial charge in [-0.3, -0.25) is 0 Å². The van der Waals surface area contributed by atoms with Crippen LogP contribution < -0.4 is 10.5 Å². The summed E-state index contributed by atoms with van der Waals surface area (Å²) in [5.41, 5.74) is 6.57. The van der Waals surface area contributed by atoms with Gasteiger partial charge in [0.25, 0.3) is 0 Å². The fourth-order valence-corrected chi connectivity index (χ4v) is 3.07. The lowest BCUT2D eigenvalue weighted by atomic mass is 10.1. The topological polar surface area (TPSA) is 60.4 Å². The van der Waals surface area contributed by atoms with Gasteiger partial charge in [-0.25, -0.2) is 4.39 Å². The Morgan fingerprint density at radius 2 is 1.93 bits per heavy atom. The molecule has 0 fully saturated rings. The number of halogens is 1. The van der Waals surface area contributed by atoms with Crippen LogP contribution in [0.1, 0.15) is 26.2 Å². The van der Waals surface area contributed by atoms with Crippen molar-refractivity contribution in [1.29, 1.82) is 0 Å². The summed E-state index contributed by atoms with van der Waals surface area (Å²) in [5.74, 6) is 0.516. The first-order valence-electron chi connectivity index (χ1n) is 9.14. The van der Waals surface area contributed by atoms with Crippen LogP contribution in [0.25, 0.3) is 16.6 Å². The Balaban J connectivity index is 1.63. The third kappa shape index (κ3) is 4.96. The Kier molecular flexibility index (Phi) is 5.94. The van der Waals surface area contributed by atoms with Crippen molar-refractivity contribution in [3.05, 3.63) is 72.7 Å². The van der Waals surface area contributed by atoms with E-state index in [0.717, 1.165) is 28.8 Å². The van der Waals surface area contributed by atoms with Crippen LogP contribution in [0.15, 0.2) is 66.9 Å². The highest BCUT2D eigenvalue weighted by Crippen LogP contribution is 2.25. The summed E-state index contributed by atoms with van der Waals surface area (Å²) in [6.07, 6.45) is 7.48. The largest absolute Gasteiger partial charge is 0.490 e. The molecule has 3 N–H and O–H groups in total. The van der Waals surface area contributed by atoms with E-state index >= 15 is 0 Å². The maximum atomic E-state index is 13.1. The van der Waals surface area contributed by atoms with Crippen LogP contribution in [0.3, 0.4) is 0 Å². The minimum Gasteiger partial charge on any atom is -0.490 e. The first kappa shape index (κ1) is 19.1. The molecule has 3 rings (SSSR count). The maximum absolute atomic E-state index is 13.1. The lowest BCUT2D eigenvalue weighted by Crippen LogP contribution is -2.38. The summed E-state index contributed by atoms with van der Waals surface area (Å²) in [6, 6.07) is 14.3. The van der Waals surface area contributed by atoms with Crippen molar-refractivity contribution in [1.82, 2.24) is 4.57 Å². The van der Waals surface area contributed by atoms with Gasteiger partial charge >= 0.3 is 0 Å². The molecule has 0 amide bonds. The van der Waals surface area contributed by atoms with Crippen LogP contribution in [-0.4, -0.2) is 22.0 Å². The molecular formula is C22H25FN2O2. The zero-order valence-electron chi connectivity index (χ0n) is 15.4. The molecule has 27 heavy (non-hydrogen) atoms. The predicted molar refractivity (Wildman–Crippen MR) is 107 cm³/mol. The number of nitrogens with two attached hydrogens (primary N) is 1. The van der Waals surface area contributed by atoms with E-state index in [1.807, 2.05) is 54.1 Å². The van der Waals surface area contributed by atoms with E-state index < -0.39 is 5.72 Å². The molecule has 0 bridgehead atoms. The van der Waals surface area contributed by atoms with Crippen LogP contribution in [0.4, 0.5) is 4.39 Å². The molecule has 1 aromatic heterocycles. The van der Waals surface area contributed by atoms with Crippen LogP contribution in [-0.2, 0) is 0 Å². The minimum absolute atomic E-state index is 0.248. The second-order valence-corrected chi connectivity index (χ2v) is 6.72. The average molecular weight is 368 g/mol. The van der Waals surface area contributed by atoms with Crippen molar-refractivity contribution >= 4 is 10.9 Å². The number of fused-ring (bicyclic) bond motifs is 1. The molecule has 0 saturated carbocycles. The molecule has 2 aromatic carbocycles. The molecule has 0 radical (unpaired) electrons. The summed E-state index contributed by atoms with van der Waals surface area (Å²) in [5, 5.41) is 11.0. The lowest BCUT2D eigenvalue weighted by Gasteiger charge is -2.20. The predicted octanol–water partition coefficient (Wildman–Crippen LogP) is 4.54. The monoisotopic (exact) mass is 368 g/mol. The standard InChI is InChI=1S/C22H25FN2O2/c1-2-12-22(24,26)13-3-4-15-27-20-9-10-21-17(16-20)11-14-25(21)19-7-5-18(23)6-8-19/h3-11,14,16,26H,2,12-13,15,24H2,1H3. The third-order valence-electron chi connectivity index (χ3n) is 4.43. The van der Waals surface area contributed by atoms with Crippen molar-refractivity contribution in [2.45, 2.75) is 31.9 Å². The molecule has 5 heteroatoms. The maximum Gasteiger partial charge on any atom is 0.123 e. The number of nitrogens with zero attached hydrogens (tertiary/aromatic N) is 1. The number of hydrogen-bond acceptors (Lipinski definition) is 3. The van der Waals surface area contributed by atoms with Crippen LogP contribution in [0.5, 0.6) is 5.75 Å². The van der Waals surface area contributed by atoms with Crippen LogP contribution in [0.2, 0.25) is 0 Å². The fraction of sp³-hybridized carbons (Fsp3) is 0.273. The summed E-state index contributed by atoms with van der Waals surface area (Å²) in [4.78, 5) is 0. The zero-order valence-corrected chi connectivity index (χ0v) is 15.4. The first-order chi connectivity index (χ1) is 13.0. The van der Waals surface area contributed by atoms with Gasteiger partial charge in [-0.05, 0) is 55.0 Å². The highest BCUT2D eigenvalue weighted by molar-refractivity contribution is 5.83. The Labute approximate surface area is 158 Å². The van der Waals surface area contributed by atoms with E-state index in [4.69, 9.17) is 10.5 Å². The molecule has 142 valence electrons. The molecular weight excluding hydrogens is 343 g/mol. The molecule has 0 aliphatic rings. The van der Waals surface area contributed by atoms with Crippen molar-refractivity contribution < 1.29 is 14.2 Å². The quantitative estimate of drug-likeness (QED) is 0.453. The Morgan fingerprint density at radius 3 is 2.67 bits per heavy atom. The van der Waals surface area contributed by atoms with E-state index in [0.29, 0.717) is 19.4 Å². The van der Waals surface area contributed by atoms with E-state index in [1.165, 1.54) is 12.1 Å². The van der Waals surface area contributed by atoms with Gasteiger partial charge in [-0.15, -0.1) is 0 Å². The van der Waals surface area contributed by atoms with Gasteiger partial charge in [0.2, 0.25) is 0 Å². The highest BCUT2D eigenvalue weighted by atomic mass is 19.1. The van der Waals surface area contributed by atoms with Crippen molar-refractivity contribution in [2.24, 2.45) is 5.73 Å². The molecule has 0 aliphatic carbocycles. The lowest BCUT2D eigenvalue weighted by molar-refractivity contribution is 0.0402. The van der Waals surface area contributed by atoms with Gasteiger partial charge in [0.15, 0.2) is 0 Å². The molecule has 1 heterocycles. The number of aromatic nitrogens is 1. The number of hydrogen-bond donors (Lipinski definition) is 2. The number of benzene rings is 2. The summed E-state index contributed by atoms with van der Waals surface area (Å²) in [6.45, 7) is 2.40. The van der Waals surface area contributed by atoms with E-state index in [1.54, 1.807) is 12.1 Å². The van der Waals surface area contributed by atoms with E-state index in [9.17, 15) is 9.50 Å². The van der Waals surface area contributed by atoms with E-state index in [-0.39, 0.29) is 5.82 Å². The Bertz CT molecular complexity index is 914. The summed E-state index contributed by atoms with van der Waals surface area (Å²) < 4.78 is 20.9. The van der Waals surface area contributed by atoms with Gasteiger partial charge in [-0.2, -0.15) is 0 Å². The molecule has 0 aliphatic heterocycles. The average Bonchev–Trinajstić information content (AvgIpc) is 3.05. The van der Waals surface area contributed by atoms with Crippen molar-refractivity contribution in [3.8, 4) is 11.4 Å². The van der Waals surface area contributed by atoms with Crippen LogP contribution >= 0.6 is 0 Å². The minimum atomic E-state index is -1.15. The van der Waals surface area contributed by atoms with Crippen molar-refractivity contribution in [2.75, 3.05) is 6.61 Å². The number of rotatable bonds is 8. The third-order valence-corrected chi connectivity index (χ3v) is 4.43. The Morgan fingerprint density at radius 1 is 1.15 bits per heavy atom. The van der Waals surface area contributed by atoms with Gasteiger partial charge in [-0.1, -0.05) is 25.5 Å². The SMILES string of the molecule is CCCC(N)(O)CC=CCOc1ccc2c(ccn2-c2ccc(F)cc2)c1. The van der Waals surface area contributed by atoms with Crippen LogP contribution in [0, 0.1) is 5.82 Å². The molecule has 4 nitrogen and oxygen atoms in total. The molecule has 1 atom stereocenters. The Hall–Kier alpha value is -2.63. The van der Waals surface area contributed by atoms with Gasteiger partial charge in [0, 0.05) is 23.7 Å². The van der Waals surface area contributed by atoms with Gasteiger partial charge < -0.3 is 20.1 Å². The second kappa shape index (κ2) is 8.37. The summed E-state index contributed by atoms with van der Waals surface area (Å²) >= 11 is 0. The second-order valence-electron chi connectivity index (χ2n) is 6.72. The van der Waals surface area contributed by atoms with Crippen molar-refractivity contribution in [3.63, 3.8) is 0 Å². The zero-order chi connectivity index (χ0) is 19.3. The molecule has 1 unspecified atom stereocenters. The fourth-order valence-electron chi connectivity index (χ4n) is 3.07. The number of aliphatic hydroxyl groups is 1. The summed E-state index contributed by atoms with van der Waals surface area (Å²) in [7, 11) is 0.